The third kappa shape index (κ3) is 7.00. The fourth-order valence-corrected chi connectivity index (χ4v) is 4.48. The molecule has 1 amide bonds. The monoisotopic (exact) mass is 504 g/mol. The fourth-order valence-electron chi connectivity index (χ4n) is 4.48. The van der Waals surface area contributed by atoms with Gasteiger partial charge in [0, 0.05) is 6.20 Å². The molecule has 0 spiro atoms. The van der Waals surface area contributed by atoms with Crippen LogP contribution < -0.4 is 10.6 Å². The number of benzene rings is 1. The van der Waals surface area contributed by atoms with Crippen LogP contribution in [0, 0.1) is 0 Å². The molecule has 4 rings (SSSR count). The van der Waals surface area contributed by atoms with E-state index in [1.54, 1.807) is 18.5 Å². The summed E-state index contributed by atoms with van der Waals surface area (Å²) in [6, 6.07) is 12.4. The molecule has 200 valence electrons. The van der Waals surface area contributed by atoms with Crippen molar-refractivity contribution in [3.63, 3.8) is 0 Å². The number of aromatic nitrogens is 4. The van der Waals surface area contributed by atoms with Crippen molar-refractivity contribution in [3.05, 3.63) is 90.4 Å². The lowest BCUT2D eigenvalue weighted by atomic mass is 9.88. The lowest BCUT2D eigenvalue weighted by Gasteiger charge is -2.38. The van der Waals surface area contributed by atoms with Crippen molar-refractivity contribution >= 4 is 11.7 Å². The number of H-pyrrole nitrogens is 1. The molecule has 3 N–H and O–H groups in total. The van der Waals surface area contributed by atoms with Crippen LogP contribution in [-0.4, -0.2) is 25.9 Å². The molecule has 7 heteroatoms. The van der Waals surface area contributed by atoms with Gasteiger partial charge >= 0.3 is 0 Å². The minimum absolute atomic E-state index is 0.117. The Hall–Kier alpha value is -3.61. The van der Waals surface area contributed by atoms with Crippen LogP contribution in [0.15, 0.2) is 73.6 Å². The number of rotatable bonds is 6. The van der Waals surface area contributed by atoms with Crippen LogP contribution in [-0.2, 0) is 11.1 Å². The number of nitrogens with zero attached hydrogens (tertiary/aromatic N) is 3. The topological polar surface area (TPSA) is 87.6 Å². The van der Waals surface area contributed by atoms with Gasteiger partial charge in [-0.1, -0.05) is 62.4 Å². The third-order valence-corrected chi connectivity index (χ3v) is 6.71. The van der Waals surface area contributed by atoms with E-state index < -0.39 is 5.54 Å². The maximum absolute atomic E-state index is 13.4. The number of allylic oxidation sites excluding steroid dienone is 3. The van der Waals surface area contributed by atoms with Gasteiger partial charge in [0.2, 0.25) is 0 Å². The number of carbonyl (C=O) groups is 1. The van der Waals surface area contributed by atoms with Crippen LogP contribution in [0.3, 0.4) is 0 Å². The first-order valence-electron chi connectivity index (χ1n) is 13.1. The van der Waals surface area contributed by atoms with Crippen molar-refractivity contribution < 1.29 is 4.79 Å². The van der Waals surface area contributed by atoms with E-state index in [-0.39, 0.29) is 17.5 Å². The average Bonchev–Trinajstić information content (AvgIpc) is 3.59. The molecular weight excluding hydrogens is 460 g/mol. The van der Waals surface area contributed by atoms with Gasteiger partial charge in [0.25, 0.3) is 5.91 Å². The summed E-state index contributed by atoms with van der Waals surface area (Å²) < 4.78 is 1.94. The summed E-state index contributed by atoms with van der Waals surface area (Å²) >= 11 is 0. The second kappa shape index (κ2) is 13.6. The largest absolute Gasteiger partial charge is 0.363 e. The zero-order chi connectivity index (χ0) is 27.5. The van der Waals surface area contributed by atoms with Crippen LogP contribution >= 0.6 is 0 Å². The van der Waals surface area contributed by atoms with Gasteiger partial charge < -0.3 is 10.6 Å². The highest BCUT2D eigenvalue weighted by Crippen LogP contribution is 2.40. The van der Waals surface area contributed by atoms with E-state index in [9.17, 15) is 4.79 Å². The predicted octanol–water partition coefficient (Wildman–Crippen LogP) is 7.12. The van der Waals surface area contributed by atoms with Gasteiger partial charge in [-0.05, 0) is 65.5 Å². The molecule has 1 unspecified atom stereocenters. The molecule has 3 heterocycles. The van der Waals surface area contributed by atoms with Gasteiger partial charge in [0.05, 0.1) is 29.0 Å². The molecule has 0 aliphatic carbocycles. The Morgan fingerprint density at radius 2 is 1.78 bits per heavy atom. The van der Waals surface area contributed by atoms with Crippen LogP contribution in [0.2, 0.25) is 0 Å². The quantitative estimate of drug-likeness (QED) is 0.312. The molecular formula is C30H44N6O. The SMILES string of the molecule is C/C=C\C.C=CC.CCC(CC)(NC(=O)c1cnn2c1NC(c1ccccc1)CC2(C)C)c1ccn[nH]1. The molecule has 1 aliphatic heterocycles. The summed E-state index contributed by atoms with van der Waals surface area (Å²) in [5.74, 6) is 0.634. The average molecular weight is 505 g/mol. The number of nitrogens with one attached hydrogen (secondary N) is 3. The molecule has 1 aromatic carbocycles. The molecule has 37 heavy (non-hydrogen) atoms. The zero-order valence-electron chi connectivity index (χ0n) is 23.5. The second-order valence-electron chi connectivity index (χ2n) is 9.73. The van der Waals surface area contributed by atoms with E-state index in [1.165, 1.54) is 5.56 Å². The summed E-state index contributed by atoms with van der Waals surface area (Å²) in [6.07, 6.45) is 11.5. The lowest BCUT2D eigenvalue weighted by molar-refractivity contribution is 0.0887. The van der Waals surface area contributed by atoms with Crippen LogP contribution in [0.1, 0.15) is 95.4 Å². The van der Waals surface area contributed by atoms with Crippen molar-refractivity contribution in [2.45, 2.75) is 84.8 Å². The Morgan fingerprint density at radius 1 is 1.16 bits per heavy atom. The van der Waals surface area contributed by atoms with Gasteiger partial charge in [0.1, 0.15) is 11.4 Å². The number of amides is 1. The summed E-state index contributed by atoms with van der Waals surface area (Å²) in [5.41, 5.74) is 1.98. The summed E-state index contributed by atoms with van der Waals surface area (Å²) in [4.78, 5) is 13.4. The predicted molar refractivity (Wildman–Crippen MR) is 154 cm³/mol. The number of hydrogen-bond donors (Lipinski definition) is 3. The Morgan fingerprint density at radius 3 is 2.30 bits per heavy atom. The summed E-state index contributed by atoms with van der Waals surface area (Å²) in [7, 11) is 0. The maximum atomic E-state index is 13.4. The van der Waals surface area contributed by atoms with Crippen LogP contribution in [0.25, 0.3) is 0 Å². The number of fused-ring (bicyclic) bond motifs is 1. The molecule has 0 bridgehead atoms. The highest BCUT2D eigenvalue weighted by Gasteiger charge is 2.38. The smallest absolute Gasteiger partial charge is 0.257 e. The van der Waals surface area contributed by atoms with Gasteiger partial charge in [0.15, 0.2) is 0 Å². The summed E-state index contributed by atoms with van der Waals surface area (Å²) in [5, 5.41) is 18.5. The molecule has 0 radical (unpaired) electrons. The zero-order valence-corrected chi connectivity index (χ0v) is 23.5. The van der Waals surface area contributed by atoms with E-state index in [0.717, 1.165) is 30.8 Å². The Balaban J connectivity index is 0.000000616. The first-order chi connectivity index (χ1) is 17.7. The van der Waals surface area contributed by atoms with Crippen molar-refractivity contribution in [2.24, 2.45) is 0 Å². The maximum Gasteiger partial charge on any atom is 0.257 e. The van der Waals surface area contributed by atoms with Gasteiger partial charge in [-0.15, -0.1) is 6.58 Å². The molecule has 0 fully saturated rings. The van der Waals surface area contributed by atoms with Crippen LogP contribution in [0.4, 0.5) is 5.82 Å². The van der Waals surface area contributed by atoms with Crippen LogP contribution in [0.5, 0.6) is 0 Å². The molecule has 1 atom stereocenters. The normalized spacial score (nSPS) is 15.8. The summed E-state index contributed by atoms with van der Waals surface area (Å²) in [6.45, 7) is 17.7. The minimum atomic E-state index is -0.495. The highest BCUT2D eigenvalue weighted by molar-refractivity contribution is 5.99. The molecule has 2 aromatic heterocycles. The lowest BCUT2D eigenvalue weighted by Crippen LogP contribution is -2.46. The highest BCUT2D eigenvalue weighted by atomic mass is 16.2. The molecule has 0 saturated carbocycles. The minimum Gasteiger partial charge on any atom is -0.363 e. The van der Waals surface area contributed by atoms with Crippen molar-refractivity contribution in [1.82, 2.24) is 25.3 Å². The van der Waals surface area contributed by atoms with Gasteiger partial charge in [-0.2, -0.15) is 10.2 Å². The van der Waals surface area contributed by atoms with E-state index in [4.69, 9.17) is 0 Å². The van der Waals surface area contributed by atoms with Gasteiger partial charge in [-0.25, -0.2) is 4.68 Å². The molecule has 0 saturated heterocycles. The molecule has 7 nitrogen and oxygen atoms in total. The molecule has 3 aromatic rings. The Labute approximate surface area is 222 Å². The standard InChI is InChI=1S/C23H30N6O.C4H8.C3H6/c1-5-23(6-2,19-12-13-24-28-19)27-21(30)17-15-25-29-20(17)26-18(14-22(29,3)4)16-10-8-7-9-11-16;1-3-4-2;1-3-2/h7-13,15,18,26H,5-6,14H2,1-4H3,(H,24,28)(H,27,30);3-4H,1-2H3;3H,1H2,2H3/b;4-3-;. The first-order valence-corrected chi connectivity index (χ1v) is 13.1. The second-order valence-corrected chi connectivity index (χ2v) is 9.73. The van der Waals surface area contributed by atoms with E-state index in [1.807, 2.05) is 61.9 Å². The van der Waals surface area contributed by atoms with E-state index in [2.05, 4.69) is 72.3 Å². The Bertz CT molecular complexity index is 1120. The van der Waals surface area contributed by atoms with Crippen molar-refractivity contribution in [1.29, 1.82) is 0 Å². The van der Waals surface area contributed by atoms with E-state index >= 15 is 0 Å². The van der Waals surface area contributed by atoms with E-state index in [0.29, 0.717) is 5.56 Å². The van der Waals surface area contributed by atoms with Crippen molar-refractivity contribution in [3.8, 4) is 0 Å². The number of aromatic amines is 1. The Kier molecular flexibility index (Phi) is 10.9. The van der Waals surface area contributed by atoms with Gasteiger partial charge in [-0.3, -0.25) is 9.89 Å². The number of carbonyl (C=O) groups excluding carboxylic acids is 1. The van der Waals surface area contributed by atoms with Crippen molar-refractivity contribution in [2.75, 3.05) is 5.32 Å². The third-order valence-electron chi connectivity index (χ3n) is 6.71. The number of hydrogen-bond acceptors (Lipinski definition) is 4. The first kappa shape index (κ1) is 29.6. The fraction of sp³-hybridized carbons (Fsp3) is 0.433. The molecule has 1 aliphatic rings. The number of anilines is 1.